The van der Waals surface area contributed by atoms with E-state index in [1.165, 1.54) is 24.5 Å². The molecule has 0 aliphatic rings. The Hall–Kier alpha value is -2.10. The highest BCUT2D eigenvalue weighted by Crippen LogP contribution is 2.14. The topological polar surface area (TPSA) is 42.9 Å². The Labute approximate surface area is 85.6 Å². The van der Waals surface area contributed by atoms with Crippen LogP contribution in [0.1, 0.15) is 10.4 Å². The van der Waals surface area contributed by atoms with Gasteiger partial charge >= 0.3 is 0 Å². The lowest BCUT2D eigenvalue weighted by atomic mass is 10.2. The van der Waals surface area contributed by atoms with Crippen molar-refractivity contribution in [3.8, 4) is 11.4 Å². The van der Waals surface area contributed by atoms with Crippen LogP contribution in [0.25, 0.3) is 11.4 Å². The van der Waals surface area contributed by atoms with E-state index in [2.05, 4.69) is 9.97 Å². The van der Waals surface area contributed by atoms with Crippen molar-refractivity contribution in [2.45, 2.75) is 0 Å². The van der Waals surface area contributed by atoms with Gasteiger partial charge in [-0.1, -0.05) is 12.1 Å². The number of benzene rings is 1. The van der Waals surface area contributed by atoms with Crippen molar-refractivity contribution in [1.82, 2.24) is 9.97 Å². The van der Waals surface area contributed by atoms with E-state index in [0.29, 0.717) is 23.2 Å². The van der Waals surface area contributed by atoms with Gasteiger partial charge in [-0.2, -0.15) is 0 Å². The monoisotopic (exact) mass is 202 g/mol. The van der Waals surface area contributed by atoms with E-state index in [9.17, 15) is 9.18 Å². The minimum atomic E-state index is -0.337. The van der Waals surface area contributed by atoms with Crippen LogP contribution in [-0.2, 0) is 0 Å². The molecule has 0 spiro atoms. The van der Waals surface area contributed by atoms with Crippen LogP contribution in [0.3, 0.4) is 0 Å². The number of carbonyl (C=O) groups excluding carboxylic acids is 1. The lowest BCUT2D eigenvalue weighted by molar-refractivity contribution is 0.112. The lowest BCUT2D eigenvalue weighted by Crippen LogP contribution is -1.91. The first-order chi connectivity index (χ1) is 7.29. The van der Waals surface area contributed by atoms with Gasteiger partial charge in [-0.25, -0.2) is 14.4 Å². The second kappa shape index (κ2) is 3.96. The van der Waals surface area contributed by atoms with E-state index < -0.39 is 0 Å². The maximum absolute atomic E-state index is 12.9. The van der Waals surface area contributed by atoms with Crippen molar-refractivity contribution in [2.75, 3.05) is 0 Å². The zero-order valence-electron chi connectivity index (χ0n) is 7.72. The van der Waals surface area contributed by atoms with Crippen LogP contribution in [0, 0.1) is 5.82 Å². The molecule has 1 aromatic heterocycles. The van der Waals surface area contributed by atoms with E-state index in [-0.39, 0.29) is 5.82 Å². The minimum Gasteiger partial charge on any atom is -0.298 e. The van der Waals surface area contributed by atoms with Crippen molar-refractivity contribution in [2.24, 2.45) is 0 Å². The average Bonchev–Trinajstić information content (AvgIpc) is 2.29. The Balaban J connectivity index is 2.41. The van der Waals surface area contributed by atoms with E-state index in [0.717, 1.165) is 0 Å². The number of rotatable bonds is 2. The van der Waals surface area contributed by atoms with Crippen LogP contribution in [-0.4, -0.2) is 16.3 Å². The highest BCUT2D eigenvalue weighted by Gasteiger charge is 2.01. The Morgan fingerprint density at radius 1 is 1.20 bits per heavy atom. The van der Waals surface area contributed by atoms with Crippen LogP contribution in [0.5, 0.6) is 0 Å². The number of carbonyl (C=O) groups is 1. The fourth-order valence-corrected chi connectivity index (χ4v) is 1.18. The Morgan fingerprint density at radius 3 is 2.53 bits per heavy atom. The summed E-state index contributed by atoms with van der Waals surface area (Å²) < 4.78 is 12.9. The van der Waals surface area contributed by atoms with Crippen molar-refractivity contribution >= 4 is 6.29 Å². The molecular weight excluding hydrogens is 195 g/mol. The largest absolute Gasteiger partial charge is 0.298 e. The lowest BCUT2D eigenvalue weighted by Gasteiger charge is -1.99. The van der Waals surface area contributed by atoms with Gasteiger partial charge in [-0.05, 0) is 12.1 Å². The molecule has 2 aromatic rings. The molecule has 0 radical (unpaired) electrons. The molecule has 0 amide bonds. The standard InChI is InChI=1S/C11H7FN2O/c12-10-3-1-2-9(4-10)11-13-5-8(7-15)6-14-11/h1-7H. The minimum absolute atomic E-state index is 0.337. The summed E-state index contributed by atoms with van der Waals surface area (Å²) in [4.78, 5) is 18.3. The third-order valence-electron chi connectivity index (χ3n) is 1.89. The first-order valence-corrected chi connectivity index (χ1v) is 4.33. The smallest absolute Gasteiger partial charge is 0.159 e. The Bertz CT molecular complexity index is 482. The molecule has 15 heavy (non-hydrogen) atoms. The summed E-state index contributed by atoms with van der Waals surface area (Å²) >= 11 is 0. The molecule has 0 aliphatic heterocycles. The van der Waals surface area contributed by atoms with E-state index >= 15 is 0 Å². The van der Waals surface area contributed by atoms with Gasteiger partial charge in [-0.3, -0.25) is 4.79 Å². The summed E-state index contributed by atoms with van der Waals surface area (Å²) in [5, 5.41) is 0. The van der Waals surface area contributed by atoms with Gasteiger partial charge in [0.25, 0.3) is 0 Å². The number of hydrogen-bond donors (Lipinski definition) is 0. The van der Waals surface area contributed by atoms with Gasteiger partial charge in [0.15, 0.2) is 12.1 Å². The molecule has 1 heterocycles. The second-order valence-electron chi connectivity index (χ2n) is 2.97. The maximum atomic E-state index is 12.9. The molecule has 0 fully saturated rings. The summed E-state index contributed by atoms with van der Waals surface area (Å²) in [5.74, 6) is 0.0654. The van der Waals surface area contributed by atoms with Crippen LogP contribution >= 0.6 is 0 Å². The molecule has 0 unspecified atom stereocenters. The van der Waals surface area contributed by atoms with Crippen LogP contribution in [0.2, 0.25) is 0 Å². The molecule has 0 saturated heterocycles. The van der Waals surface area contributed by atoms with E-state index in [4.69, 9.17) is 0 Å². The number of nitrogens with zero attached hydrogens (tertiary/aromatic N) is 2. The highest BCUT2D eigenvalue weighted by molar-refractivity contribution is 5.73. The predicted octanol–water partition coefficient (Wildman–Crippen LogP) is 2.10. The second-order valence-corrected chi connectivity index (χ2v) is 2.97. The first-order valence-electron chi connectivity index (χ1n) is 4.33. The van der Waals surface area contributed by atoms with Gasteiger partial charge in [-0.15, -0.1) is 0 Å². The van der Waals surface area contributed by atoms with Crippen molar-refractivity contribution < 1.29 is 9.18 Å². The highest BCUT2D eigenvalue weighted by atomic mass is 19.1. The fraction of sp³-hybridized carbons (Fsp3) is 0. The zero-order chi connectivity index (χ0) is 10.7. The molecule has 74 valence electrons. The zero-order valence-corrected chi connectivity index (χ0v) is 7.72. The SMILES string of the molecule is O=Cc1cnc(-c2cccc(F)c2)nc1. The molecule has 2 rings (SSSR count). The van der Waals surface area contributed by atoms with Gasteiger partial charge in [0.1, 0.15) is 5.82 Å². The van der Waals surface area contributed by atoms with Crippen molar-refractivity contribution in [3.05, 3.63) is 48.0 Å². The van der Waals surface area contributed by atoms with Crippen LogP contribution < -0.4 is 0 Å². The normalized spacial score (nSPS) is 9.93. The van der Waals surface area contributed by atoms with E-state index in [1.807, 2.05) is 0 Å². The van der Waals surface area contributed by atoms with Gasteiger partial charge in [0.05, 0.1) is 5.56 Å². The van der Waals surface area contributed by atoms with Crippen molar-refractivity contribution in [3.63, 3.8) is 0 Å². The number of aromatic nitrogens is 2. The van der Waals surface area contributed by atoms with Gasteiger partial charge in [0.2, 0.25) is 0 Å². The van der Waals surface area contributed by atoms with Crippen molar-refractivity contribution in [1.29, 1.82) is 0 Å². The third-order valence-corrected chi connectivity index (χ3v) is 1.89. The number of hydrogen-bond acceptors (Lipinski definition) is 3. The van der Waals surface area contributed by atoms with Crippen LogP contribution in [0.15, 0.2) is 36.7 Å². The van der Waals surface area contributed by atoms with Crippen LogP contribution in [0.4, 0.5) is 4.39 Å². The Morgan fingerprint density at radius 2 is 1.93 bits per heavy atom. The van der Waals surface area contributed by atoms with Gasteiger partial charge in [0, 0.05) is 18.0 Å². The molecule has 1 aromatic carbocycles. The quantitative estimate of drug-likeness (QED) is 0.700. The molecule has 0 aliphatic carbocycles. The third kappa shape index (κ3) is 2.04. The van der Waals surface area contributed by atoms with E-state index in [1.54, 1.807) is 12.1 Å². The average molecular weight is 202 g/mol. The molecule has 4 heteroatoms. The molecule has 0 N–H and O–H groups in total. The fourth-order valence-electron chi connectivity index (χ4n) is 1.18. The summed E-state index contributed by atoms with van der Waals surface area (Å²) in [5.41, 5.74) is 0.989. The molecule has 3 nitrogen and oxygen atoms in total. The molecule has 0 bridgehead atoms. The first kappa shape index (κ1) is 9.45. The molecule has 0 saturated carbocycles. The molecular formula is C11H7FN2O. The Kier molecular flexibility index (Phi) is 2.49. The maximum Gasteiger partial charge on any atom is 0.159 e. The predicted molar refractivity (Wildman–Crippen MR) is 52.8 cm³/mol. The summed E-state index contributed by atoms with van der Waals surface area (Å²) in [7, 11) is 0. The summed E-state index contributed by atoms with van der Waals surface area (Å²) in [6.45, 7) is 0. The summed E-state index contributed by atoms with van der Waals surface area (Å²) in [6, 6.07) is 5.99. The van der Waals surface area contributed by atoms with Gasteiger partial charge < -0.3 is 0 Å². The molecule has 0 atom stereocenters. The summed E-state index contributed by atoms with van der Waals surface area (Å²) in [6.07, 6.45) is 3.47. The number of aldehydes is 1. The number of halogens is 1.